The summed E-state index contributed by atoms with van der Waals surface area (Å²) in [7, 11) is 0. The predicted octanol–water partition coefficient (Wildman–Crippen LogP) is 3.64. The number of carbonyl (C=O) groups is 1. The van der Waals surface area contributed by atoms with Gasteiger partial charge in [-0.25, -0.2) is 4.79 Å². The molecular weight excluding hydrogens is 344 g/mol. The summed E-state index contributed by atoms with van der Waals surface area (Å²) in [5, 5.41) is 3.70. The molecule has 0 radical (unpaired) electrons. The Morgan fingerprint density at radius 3 is 2.78 bits per heavy atom. The molecule has 1 aliphatic rings. The third kappa shape index (κ3) is 3.61. The fourth-order valence-electron chi connectivity index (χ4n) is 3.44. The van der Waals surface area contributed by atoms with Crippen LogP contribution in [-0.2, 0) is 4.74 Å². The molecule has 0 unspecified atom stereocenters. The molecule has 0 saturated carbocycles. The first-order chi connectivity index (χ1) is 13.1. The Hall–Kier alpha value is -2.99. The van der Waals surface area contributed by atoms with Crippen LogP contribution in [0.4, 0.5) is 5.69 Å². The number of fused-ring (bicyclic) bond motifs is 1. The van der Waals surface area contributed by atoms with Crippen molar-refractivity contribution < 1.29 is 13.9 Å². The number of nitrogens with zero attached hydrogens (tertiary/aromatic N) is 1. The molecule has 1 aliphatic heterocycles. The van der Waals surface area contributed by atoms with Gasteiger partial charge >= 0.3 is 5.63 Å². The standard InChI is InChI=1S/C21H20N2O4/c1-13-11-18(14-6-9-26-10-7-14)27-21(25)19(13)20(24)23-16-4-5-17-15(12-16)3-2-8-22-17/h2-5,8,11-12,14H,6-7,9-10H2,1H3,(H,23,24). The number of amides is 1. The van der Waals surface area contributed by atoms with E-state index in [2.05, 4.69) is 10.3 Å². The second-order valence-electron chi connectivity index (χ2n) is 6.75. The first-order valence-electron chi connectivity index (χ1n) is 9.00. The molecule has 4 rings (SSSR count). The Balaban J connectivity index is 1.59. The normalized spacial score (nSPS) is 15.0. The average Bonchev–Trinajstić information content (AvgIpc) is 2.68. The third-order valence-corrected chi connectivity index (χ3v) is 4.88. The van der Waals surface area contributed by atoms with E-state index in [-0.39, 0.29) is 11.5 Å². The van der Waals surface area contributed by atoms with Gasteiger partial charge in [0.05, 0.1) is 5.52 Å². The number of hydrogen-bond acceptors (Lipinski definition) is 5. The van der Waals surface area contributed by atoms with Crippen molar-refractivity contribution in [2.75, 3.05) is 18.5 Å². The zero-order valence-electron chi connectivity index (χ0n) is 15.0. The summed E-state index contributed by atoms with van der Waals surface area (Å²) in [5.41, 5.74) is 1.50. The molecule has 0 atom stereocenters. The summed E-state index contributed by atoms with van der Waals surface area (Å²) in [4.78, 5) is 29.4. The number of benzene rings is 1. The number of anilines is 1. The van der Waals surface area contributed by atoms with Crippen molar-refractivity contribution >= 4 is 22.5 Å². The number of aromatic nitrogens is 1. The van der Waals surface area contributed by atoms with Crippen molar-refractivity contribution in [2.45, 2.75) is 25.7 Å². The Morgan fingerprint density at radius 1 is 1.19 bits per heavy atom. The van der Waals surface area contributed by atoms with E-state index in [9.17, 15) is 9.59 Å². The summed E-state index contributed by atoms with van der Waals surface area (Å²) in [5.74, 6) is 0.326. The highest BCUT2D eigenvalue weighted by atomic mass is 16.5. The molecule has 27 heavy (non-hydrogen) atoms. The van der Waals surface area contributed by atoms with Gasteiger partial charge in [-0.1, -0.05) is 6.07 Å². The number of nitrogens with one attached hydrogen (secondary N) is 1. The number of ether oxygens (including phenoxy) is 1. The summed E-state index contributed by atoms with van der Waals surface area (Å²) >= 11 is 0. The predicted molar refractivity (Wildman–Crippen MR) is 102 cm³/mol. The van der Waals surface area contributed by atoms with Gasteiger partial charge in [0.25, 0.3) is 5.91 Å². The topological polar surface area (TPSA) is 81.4 Å². The number of carbonyl (C=O) groups excluding carboxylic acids is 1. The fourth-order valence-corrected chi connectivity index (χ4v) is 3.44. The molecule has 1 saturated heterocycles. The van der Waals surface area contributed by atoms with E-state index >= 15 is 0 Å². The number of hydrogen-bond donors (Lipinski definition) is 1. The fraction of sp³-hybridized carbons (Fsp3) is 0.286. The highest BCUT2D eigenvalue weighted by Gasteiger charge is 2.23. The van der Waals surface area contributed by atoms with Crippen molar-refractivity contribution in [2.24, 2.45) is 0 Å². The number of pyridine rings is 1. The van der Waals surface area contributed by atoms with Crippen LogP contribution >= 0.6 is 0 Å². The molecular formula is C21H20N2O4. The van der Waals surface area contributed by atoms with Crippen LogP contribution in [0, 0.1) is 6.92 Å². The molecule has 0 aliphatic carbocycles. The number of aryl methyl sites for hydroxylation is 1. The van der Waals surface area contributed by atoms with Gasteiger partial charge < -0.3 is 14.5 Å². The van der Waals surface area contributed by atoms with Gasteiger partial charge in [-0.05, 0) is 55.7 Å². The molecule has 0 bridgehead atoms. The van der Waals surface area contributed by atoms with Gasteiger partial charge in [-0.3, -0.25) is 9.78 Å². The molecule has 1 amide bonds. The van der Waals surface area contributed by atoms with Gasteiger partial charge in [0.1, 0.15) is 11.3 Å². The quantitative estimate of drug-likeness (QED) is 0.767. The SMILES string of the molecule is Cc1cc(C2CCOCC2)oc(=O)c1C(=O)Nc1ccc2ncccc2c1. The second-order valence-corrected chi connectivity index (χ2v) is 6.75. The van der Waals surface area contributed by atoms with Crippen LogP contribution in [0.3, 0.4) is 0 Å². The van der Waals surface area contributed by atoms with Crippen LogP contribution in [0.5, 0.6) is 0 Å². The number of rotatable bonds is 3. The van der Waals surface area contributed by atoms with Gasteiger partial charge in [0, 0.05) is 36.4 Å². The van der Waals surface area contributed by atoms with Crippen molar-refractivity contribution in [1.82, 2.24) is 4.98 Å². The molecule has 1 aromatic carbocycles. The largest absolute Gasteiger partial charge is 0.427 e. The van der Waals surface area contributed by atoms with E-state index < -0.39 is 11.5 Å². The zero-order chi connectivity index (χ0) is 18.8. The monoisotopic (exact) mass is 364 g/mol. The third-order valence-electron chi connectivity index (χ3n) is 4.88. The van der Waals surface area contributed by atoms with Gasteiger partial charge in [-0.2, -0.15) is 0 Å². The molecule has 6 heteroatoms. The Labute approximate surface area is 156 Å². The molecule has 1 fully saturated rings. The molecule has 0 spiro atoms. The van der Waals surface area contributed by atoms with Gasteiger partial charge in [-0.15, -0.1) is 0 Å². The van der Waals surface area contributed by atoms with Crippen molar-refractivity contribution in [1.29, 1.82) is 0 Å². The Morgan fingerprint density at radius 2 is 2.00 bits per heavy atom. The molecule has 138 valence electrons. The minimum Gasteiger partial charge on any atom is -0.427 e. The lowest BCUT2D eigenvalue weighted by Gasteiger charge is -2.21. The lowest BCUT2D eigenvalue weighted by atomic mass is 9.95. The lowest BCUT2D eigenvalue weighted by molar-refractivity contribution is 0.0796. The molecule has 1 N–H and O–H groups in total. The molecule has 2 aromatic heterocycles. The van der Waals surface area contributed by atoms with Gasteiger partial charge in [0.2, 0.25) is 0 Å². The first-order valence-corrected chi connectivity index (χ1v) is 9.00. The second kappa shape index (κ2) is 7.32. The van der Waals surface area contributed by atoms with E-state index in [0.29, 0.717) is 30.2 Å². The van der Waals surface area contributed by atoms with Crippen molar-refractivity contribution in [3.05, 3.63) is 69.9 Å². The minimum absolute atomic E-state index is 0.0390. The highest BCUT2D eigenvalue weighted by Crippen LogP contribution is 2.27. The Kier molecular flexibility index (Phi) is 4.73. The zero-order valence-corrected chi connectivity index (χ0v) is 15.0. The van der Waals surface area contributed by atoms with Crippen LogP contribution in [0.25, 0.3) is 10.9 Å². The van der Waals surface area contributed by atoms with Gasteiger partial charge in [0.15, 0.2) is 0 Å². The van der Waals surface area contributed by atoms with Crippen molar-refractivity contribution in [3.8, 4) is 0 Å². The summed E-state index contributed by atoms with van der Waals surface area (Å²) in [6.07, 6.45) is 3.35. The van der Waals surface area contributed by atoms with Crippen LogP contribution in [0.1, 0.15) is 40.4 Å². The van der Waals surface area contributed by atoms with E-state index in [4.69, 9.17) is 9.15 Å². The molecule has 3 heterocycles. The van der Waals surface area contributed by atoms with E-state index in [1.807, 2.05) is 24.3 Å². The maximum Gasteiger partial charge on any atom is 0.349 e. The summed E-state index contributed by atoms with van der Waals surface area (Å²) in [6.45, 7) is 3.08. The van der Waals surface area contributed by atoms with Crippen LogP contribution in [0.2, 0.25) is 0 Å². The Bertz CT molecular complexity index is 1050. The smallest absolute Gasteiger partial charge is 0.349 e. The van der Waals surface area contributed by atoms with Crippen LogP contribution in [0.15, 0.2) is 51.8 Å². The maximum atomic E-state index is 12.7. The molecule has 6 nitrogen and oxygen atoms in total. The minimum atomic E-state index is -0.601. The average molecular weight is 364 g/mol. The van der Waals surface area contributed by atoms with Crippen LogP contribution in [-0.4, -0.2) is 24.1 Å². The van der Waals surface area contributed by atoms with Crippen molar-refractivity contribution in [3.63, 3.8) is 0 Å². The van der Waals surface area contributed by atoms with E-state index in [1.54, 1.807) is 25.3 Å². The highest BCUT2D eigenvalue weighted by molar-refractivity contribution is 6.05. The maximum absolute atomic E-state index is 12.7. The first kappa shape index (κ1) is 17.4. The van der Waals surface area contributed by atoms with E-state index in [1.165, 1.54) is 0 Å². The summed E-state index contributed by atoms with van der Waals surface area (Å²) in [6, 6.07) is 11.0. The van der Waals surface area contributed by atoms with E-state index in [0.717, 1.165) is 23.7 Å². The lowest BCUT2D eigenvalue weighted by Crippen LogP contribution is -2.24. The summed E-state index contributed by atoms with van der Waals surface area (Å²) < 4.78 is 10.8. The molecule has 3 aromatic rings. The van der Waals surface area contributed by atoms with Crippen LogP contribution < -0.4 is 10.9 Å².